The summed E-state index contributed by atoms with van der Waals surface area (Å²) in [5.74, 6) is 1.86. The van der Waals surface area contributed by atoms with Gasteiger partial charge >= 0.3 is 0 Å². The molecule has 4 aromatic heterocycles. The van der Waals surface area contributed by atoms with E-state index < -0.39 is 0 Å². The fraction of sp³-hybridized carbons (Fsp3) is 0. The SMILES string of the molecule is c1ccc(-c2nc(-c3cc(-n4c5ccccc5c5cc6ccccc6cc54)c4oc5ccccc5c4c3)nc(-c3cccc4sc5ccccc5c34)n2)cc1. The fourth-order valence-corrected chi connectivity index (χ4v) is 9.45. The minimum Gasteiger partial charge on any atom is -0.454 e. The Morgan fingerprint density at radius 2 is 1.11 bits per heavy atom. The molecule has 8 aromatic carbocycles. The van der Waals surface area contributed by atoms with Crippen LogP contribution in [0.4, 0.5) is 0 Å². The summed E-state index contributed by atoms with van der Waals surface area (Å²) in [6.07, 6.45) is 0. The van der Waals surface area contributed by atoms with Crippen LogP contribution < -0.4 is 0 Å². The zero-order valence-electron chi connectivity index (χ0n) is 29.3. The van der Waals surface area contributed by atoms with Gasteiger partial charge in [-0.3, -0.25) is 0 Å². The standard InChI is InChI=1S/C49H28N4OS/c1-2-13-29(14-3-1)47-50-48(52-49(51-47)36-20-12-24-44-45(36)35-19-8-11-23-43(35)55-44)32-26-38-34-18-7-10-22-42(34)54-46(38)41(28-32)53-39-21-9-6-17-33(39)37-25-30-15-4-5-16-31(30)27-40(37)53/h1-28H. The summed E-state index contributed by atoms with van der Waals surface area (Å²) >= 11 is 1.79. The summed E-state index contributed by atoms with van der Waals surface area (Å²) in [4.78, 5) is 15.7. The maximum Gasteiger partial charge on any atom is 0.164 e. The van der Waals surface area contributed by atoms with E-state index >= 15 is 0 Å². The summed E-state index contributed by atoms with van der Waals surface area (Å²) in [5, 5.41) is 9.17. The van der Waals surface area contributed by atoms with Gasteiger partial charge in [0, 0.05) is 58.4 Å². The number of benzene rings is 8. The number of nitrogens with zero attached hydrogens (tertiary/aromatic N) is 4. The van der Waals surface area contributed by atoms with E-state index in [-0.39, 0.29) is 0 Å². The number of furan rings is 1. The molecule has 0 saturated heterocycles. The van der Waals surface area contributed by atoms with Crippen molar-refractivity contribution < 1.29 is 4.42 Å². The lowest BCUT2D eigenvalue weighted by Crippen LogP contribution is -2.01. The van der Waals surface area contributed by atoms with Gasteiger partial charge in [-0.2, -0.15) is 0 Å². The Labute approximate surface area is 318 Å². The molecular weight excluding hydrogens is 693 g/mol. The van der Waals surface area contributed by atoms with E-state index in [9.17, 15) is 0 Å². The van der Waals surface area contributed by atoms with Crippen molar-refractivity contribution in [3.05, 3.63) is 170 Å². The van der Waals surface area contributed by atoms with Crippen LogP contribution in [0.2, 0.25) is 0 Å². The molecule has 5 nitrogen and oxygen atoms in total. The van der Waals surface area contributed by atoms with E-state index in [1.54, 1.807) is 11.3 Å². The smallest absolute Gasteiger partial charge is 0.164 e. The molecule has 0 amide bonds. The van der Waals surface area contributed by atoms with Crippen molar-refractivity contribution in [2.24, 2.45) is 0 Å². The predicted octanol–water partition coefficient (Wildman–Crippen LogP) is 13.4. The van der Waals surface area contributed by atoms with Crippen molar-refractivity contribution in [3.8, 4) is 39.9 Å². The van der Waals surface area contributed by atoms with Crippen LogP contribution in [0.1, 0.15) is 0 Å². The molecule has 0 spiro atoms. The van der Waals surface area contributed by atoms with Gasteiger partial charge in [-0.1, -0.05) is 121 Å². The second-order valence-electron chi connectivity index (χ2n) is 14.0. The van der Waals surface area contributed by atoms with Gasteiger partial charge < -0.3 is 8.98 Å². The summed E-state index contributed by atoms with van der Waals surface area (Å²) < 4.78 is 11.6. The van der Waals surface area contributed by atoms with Gasteiger partial charge in [-0.25, -0.2) is 15.0 Å². The normalized spacial score (nSPS) is 12.0. The Morgan fingerprint density at radius 3 is 1.98 bits per heavy atom. The number of thiophene rings is 1. The molecule has 12 rings (SSSR count). The van der Waals surface area contributed by atoms with Crippen LogP contribution in [0, 0.1) is 0 Å². The highest BCUT2D eigenvalue weighted by Crippen LogP contribution is 2.43. The molecule has 256 valence electrons. The number of aromatic nitrogens is 4. The van der Waals surface area contributed by atoms with Crippen molar-refractivity contribution in [2.75, 3.05) is 0 Å². The zero-order chi connectivity index (χ0) is 36.0. The fourth-order valence-electron chi connectivity index (χ4n) is 8.32. The Kier molecular flexibility index (Phi) is 6.44. The average molecular weight is 721 g/mol. The van der Waals surface area contributed by atoms with E-state index in [1.807, 2.05) is 30.3 Å². The zero-order valence-corrected chi connectivity index (χ0v) is 30.1. The van der Waals surface area contributed by atoms with E-state index in [0.29, 0.717) is 17.5 Å². The number of hydrogen-bond donors (Lipinski definition) is 0. The molecular formula is C49H28N4OS. The van der Waals surface area contributed by atoms with E-state index in [0.717, 1.165) is 60.7 Å². The highest BCUT2D eigenvalue weighted by Gasteiger charge is 2.22. The molecule has 0 atom stereocenters. The first-order valence-corrected chi connectivity index (χ1v) is 19.2. The van der Waals surface area contributed by atoms with Crippen LogP contribution in [0.5, 0.6) is 0 Å². The Hall–Kier alpha value is -7.15. The topological polar surface area (TPSA) is 56.7 Å². The largest absolute Gasteiger partial charge is 0.454 e. The van der Waals surface area contributed by atoms with Crippen molar-refractivity contribution in [3.63, 3.8) is 0 Å². The first-order chi connectivity index (χ1) is 27.2. The van der Waals surface area contributed by atoms with Crippen LogP contribution in [0.25, 0.3) is 115 Å². The van der Waals surface area contributed by atoms with Crippen molar-refractivity contribution in [1.29, 1.82) is 0 Å². The van der Waals surface area contributed by atoms with E-state index in [4.69, 9.17) is 19.4 Å². The third kappa shape index (κ3) is 4.62. The molecule has 12 aromatic rings. The molecule has 0 aliphatic heterocycles. The second-order valence-corrected chi connectivity index (χ2v) is 15.1. The molecule has 55 heavy (non-hydrogen) atoms. The monoisotopic (exact) mass is 720 g/mol. The molecule has 0 aliphatic carbocycles. The van der Waals surface area contributed by atoms with Crippen molar-refractivity contribution in [1.82, 2.24) is 19.5 Å². The van der Waals surface area contributed by atoms with Gasteiger partial charge in [0.05, 0.1) is 16.7 Å². The van der Waals surface area contributed by atoms with Crippen molar-refractivity contribution >= 4 is 86.0 Å². The quantitative estimate of drug-likeness (QED) is 0.182. The second kappa shape index (κ2) is 11.7. The first kappa shape index (κ1) is 30.3. The third-order valence-corrected chi connectivity index (χ3v) is 11.9. The lowest BCUT2D eigenvalue weighted by Gasteiger charge is -2.13. The summed E-state index contributed by atoms with van der Waals surface area (Å²) in [6, 6.07) is 59.6. The maximum atomic E-state index is 6.78. The summed E-state index contributed by atoms with van der Waals surface area (Å²) in [7, 11) is 0. The predicted molar refractivity (Wildman–Crippen MR) is 228 cm³/mol. The Bertz CT molecular complexity index is 3500. The van der Waals surface area contributed by atoms with Gasteiger partial charge in [0.2, 0.25) is 0 Å². The van der Waals surface area contributed by atoms with E-state index in [2.05, 4.69) is 144 Å². The molecule has 0 bridgehead atoms. The Morgan fingerprint density at radius 1 is 0.436 bits per heavy atom. The third-order valence-electron chi connectivity index (χ3n) is 10.8. The highest BCUT2D eigenvalue weighted by molar-refractivity contribution is 7.25. The average Bonchev–Trinajstić information content (AvgIpc) is 3.92. The van der Waals surface area contributed by atoms with Crippen LogP contribution in [0.15, 0.2) is 174 Å². The minimum atomic E-state index is 0.597. The lowest BCUT2D eigenvalue weighted by molar-refractivity contribution is 0.666. The van der Waals surface area contributed by atoms with Crippen molar-refractivity contribution in [2.45, 2.75) is 0 Å². The summed E-state index contributed by atoms with van der Waals surface area (Å²) in [5.41, 5.74) is 7.58. The number of para-hydroxylation sites is 2. The Balaban J connectivity index is 1.19. The number of rotatable bonds is 4. The molecule has 4 heterocycles. The van der Waals surface area contributed by atoms with Gasteiger partial charge in [0.25, 0.3) is 0 Å². The van der Waals surface area contributed by atoms with Crippen LogP contribution >= 0.6 is 11.3 Å². The van der Waals surface area contributed by atoms with Gasteiger partial charge in [0.15, 0.2) is 23.1 Å². The van der Waals surface area contributed by atoms with Crippen LogP contribution in [-0.2, 0) is 0 Å². The van der Waals surface area contributed by atoms with Gasteiger partial charge in [0.1, 0.15) is 5.58 Å². The molecule has 0 unspecified atom stereocenters. The minimum absolute atomic E-state index is 0.597. The lowest BCUT2D eigenvalue weighted by atomic mass is 10.0. The summed E-state index contributed by atoms with van der Waals surface area (Å²) in [6.45, 7) is 0. The first-order valence-electron chi connectivity index (χ1n) is 18.4. The molecule has 6 heteroatoms. The number of fused-ring (bicyclic) bond motifs is 10. The molecule has 0 radical (unpaired) electrons. The molecule has 0 aliphatic rings. The molecule has 0 N–H and O–H groups in total. The number of hydrogen-bond acceptors (Lipinski definition) is 5. The molecule has 0 saturated carbocycles. The van der Waals surface area contributed by atoms with Gasteiger partial charge in [-0.15, -0.1) is 11.3 Å². The van der Waals surface area contributed by atoms with Gasteiger partial charge in [-0.05, 0) is 59.3 Å². The van der Waals surface area contributed by atoms with Crippen LogP contribution in [-0.4, -0.2) is 19.5 Å². The highest BCUT2D eigenvalue weighted by atomic mass is 32.1. The van der Waals surface area contributed by atoms with E-state index in [1.165, 1.54) is 36.3 Å². The molecule has 0 fully saturated rings. The maximum absolute atomic E-state index is 6.78. The van der Waals surface area contributed by atoms with Crippen LogP contribution in [0.3, 0.4) is 0 Å².